The smallest absolute Gasteiger partial charge is 0.276 e. The zero-order valence-corrected chi connectivity index (χ0v) is 13.1. The van der Waals surface area contributed by atoms with Crippen molar-refractivity contribution in [2.75, 3.05) is 6.54 Å². The molecule has 122 valence electrons. The number of benzene rings is 1. The van der Waals surface area contributed by atoms with Crippen LogP contribution >= 0.6 is 0 Å². The summed E-state index contributed by atoms with van der Waals surface area (Å²) in [5, 5.41) is 13.8. The van der Waals surface area contributed by atoms with E-state index in [1.54, 1.807) is 18.2 Å². The Morgan fingerprint density at radius 1 is 1.43 bits per heavy atom. The average Bonchev–Trinajstić information content (AvgIpc) is 3.13. The number of rotatable bonds is 3. The minimum absolute atomic E-state index is 0.132. The van der Waals surface area contributed by atoms with Crippen LogP contribution in [0.5, 0.6) is 0 Å². The van der Waals surface area contributed by atoms with Crippen molar-refractivity contribution in [1.29, 1.82) is 0 Å². The van der Waals surface area contributed by atoms with Crippen molar-refractivity contribution < 1.29 is 18.8 Å². The molecule has 1 N–H and O–H groups in total. The Kier molecular flexibility index (Phi) is 4.17. The van der Waals surface area contributed by atoms with E-state index in [0.29, 0.717) is 17.7 Å². The second kappa shape index (κ2) is 6.12. The number of hydrogen-bond acceptors (Lipinski definition) is 4. The molecule has 1 aromatic heterocycles. The number of β-amino-alcohol motifs (C(OH)–C–C–N with tert-alkyl or cyclic N) is 1. The summed E-state index contributed by atoms with van der Waals surface area (Å²) in [5.74, 6) is 0.0916. The normalized spacial score (nSPS) is 21.2. The molecule has 1 aromatic carbocycles. The van der Waals surface area contributed by atoms with E-state index in [-0.39, 0.29) is 35.9 Å². The predicted octanol–water partition coefficient (Wildman–Crippen LogP) is 2.89. The zero-order valence-electron chi connectivity index (χ0n) is 13.1. The molecule has 0 saturated carbocycles. The van der Waals surface area contributed by atoms with Crippen molar-refractivity contribution in [1.82, 2.24) is 10.1 Å². The van der Waals surface area contributed by atoms with Crippen LogP contribution in [0.1, 0.15) is 54.0 Å². The highest BCUT2D eigenvalue weighted by Gasteiger charge is 2.37. The lowest BCUT2D eigenvalue weighted by Crippen LogP contribution is -2.32. The van der Waals surface area contributed by atoms with Crippen molar-refractivity contribution in [3.8, 4) is 0 Å². The van der Waals surface area contributed by atoms with Gasteiger partial charge in [0.25, 0.3) is 5.91 Å². The van der Waals surface area contributed by atoms with Crippen molar-refractivity contribution >= 4 is 5.91 Å². The van der Waals surface area contributed by atoms with Crippen molar-refractivity contribution in [2.45, 2.75) is 38.3 Å². The van der Waals surface area contributed by atoms with Gasteiger partial charge in [-0.1, -0.05) is 31.1 Å². The maximum atomic E-state index is 13.5. The summed E-state index contributed by atoms with van der Waals surface area (Å²) in [7, 11) is 0. The minimum Gasteiger partial charge on any atom is -0.391 e. The molecule has 2 heterocycles. The molecule has 0 spiro atoms. The first-order valence-corrected chi connectivity index (χ1v) is 7.67. The lowest BCUT2D eigenvalue weighted by molar-refractivity contribution is 0.0705. The fraction of sp³-hybridized carbons (Fsp3) is 0.412. The summed E-state index contributed by atoms with van der Waals surface area (Å²) in [6, 6.07) is 7.37. The number of hydrogen-bond donors (Lipinski definition) is 1. The van der Waals surface area contributed by atoms with E-state index in [1.165, 1.54) is 17.0 Å². The van der Waals surface area contributed by atoms with Crippen molar-refractivity contribution in [2.24, 2.45) is 0 Å². The molecular formula is C17H19FN2O3. The number of amides is 1. The van der Waals surface area contributed by atoms with Gasteiger partial charge in [-0.25, -0.2) is 4.39 Å². The third kappa shape index (κ3) is 3.12. The fourth-order valence-electron chi connectivity index (χ4n) is 2.88. The number of aromatic nitrogens is 1. The van der Waals surface area contributed by atoms with Crippen LogP contribution in [0.4, 0.5) is 4.39 Å². The molecule has 1 amide bonds. The Balaban J connectivity index is 1.88. The lowest BCUT2D eigenvalue weighted by Gasteiger charge is -2.23. The first-order chi connectivity index (χ1) is 11.0. The van der Waals surface area contributed by atoms with E-state index in [2.05, 4.69) is 5.16 Å². The maximum Gasteiger partial charge on any atom is 0.276 e. The van der Waals surface area contributed by atoms with Gasteiger partial charge in [0, 0.05) is 18.5 Å². The highest BCUT2D eigenvalue weighted by molar-refractivity contribution is 5.92. The van der Waals surface area contributed by atoms with Gasteiger partial charge >= 0.3 is 0 Å². The first kappa shape index (κ1) is 15.7. The largest absolute Gasteiger partial charge is 0.391 e. The summed E-state index contributed by atoms with van der Waals surface area (Å²) in [6.45, 7) is 4.09. The van der Waals surface area contributed by atoms with E-state index >= 15 is 0 Å². The van der Waals surface area contributed by atoms with Crippen molar-refractivity contribution in [3.05, 3.63) is 53.2 Å². The molecule has 3 rings (SSSR count). The summed E-state index contributed by atoms with van der Waals surface area (Å²) >= 11 is 0. The topological polar surface area (TPSA) is 66.6 Å². The third-order valence-corrected chi connectivity index (χ3v) is 4.09. The third-order valence-electron chi connectivity index (χ3n) is 4.09. The Morgan fingerprint density at radius 3 is 2.87 bits per heavy atom. The van der Waals surface area contributed by atoms with Crippen LogP contribution in [-0.2, 0) is 0 Å². The maximum absolute atomic E-state index is 13.5. The number of aliphatic hydroxyl groups is 1. The summed E-state index contributed by atoms with van der Waals surface area (Å²) in [4.78, 5) is 14.2. The molecule has 0 radical (unpaired) electrons. The summed E-state index contributed by atoms with van der Waals surface area (Å²) < 4.78 is 18.6. The zero-order chi connectivity index (χ0) is 16.6. The van der Waals surface area contributed by atoms with Gasteiger partial charge in [0.15, 0.2) is 5.69 Å². The van der Waals surface area contributed by atoms with Crippen LogP contribution in [0.25, 0.3) is 0 Å². The molecular weight excluding hydrogens is 299 g/mol. The Labute approximate surface area is 133 Å². The quantitative estimate of drug-likeness (QED) is 0.945. The van der Waals surface area contributed by atoms with E-state index in [1.807, 2.05) is 13.8 Å². The molecule has 1 fully saturated rings. The monoisotopic (exact) mass is 318 g/mol. The molecule has 0 aliphatic carbocycles. The van der Waals surface area contributed by atoms with E-state index in [0.717, 1.165) is 0 Å². The summed E-state index contributed by atoms with van der Waals surface area (Å²) in [5.41, 5.74) is 0.881. The van der Waals surface area contributed by atoms with Gasteiger partial charge in [0.05, 0.1) is 12.1 Å². The number of nitrogens with zero attached hydrogens (tertiary/aromatic N) is 2. The summed E-state index contributed by atoms with van der Waals surface area (Å²) in [6.07, 6.45) is -0.256. The van der Waals surface area contributed by atoms with Gasteiger partial charge in [-0.2, -0.15) is 0 Å². The van der Waals surface area contributed by atoms with Crippen LogP contribution in [-0.4, -0.2) is 33.7 Å². The number of carbonyl (C=O) groups excluding carboxylic acids is 1. The minimum atomic E-state index is -0.635. The standard InChI is InChI=1S/C17H19FN2O3/c1-10(2)16-8-14(19-23-16)17(22)20-9-13(21)7-15(20)11-4-3-5-12(18)6-11/h3-6,8,10,13,15,21H,7,9H2,1-2H3. The molecule has 0 bridgehead atoms. The van der Waals surface area contributed by atoms with E-state index < -0.39 is 6.10 Å². The molecule has 23 heavy (non-hydrogen) atoms. The Hall–Kier alpha value is -2.21. The molecule has 2 unspecified atom stereocenters. The number of likely N-dealkylation sites (tertiary alicyclic amines) is 1. The van der Waals surface area contributed by atoms with Crippen LogP contribution in [0, 0.1) is 5.82 Å². The molecule has 6 heteroatoms. The molecule has 2 aromatic rings. The molecule has 5 nitrogen and oxygen atoms in total. The molecule has 1 aliphatic rings. The SMILES string of the molecule is CC(C)c1cc(C(=O)N2CC(O)CC2c2cccc(F)c2)no1. The Bertz CT molecular complexity index is 713. The van der Waals surface area contributed by atoms with Crippen molar-refractivity contribution in [3.63, 3.8) is 0 Å². The second-order valence-electron chi connectivity index (χ2n) is 6.19. The number of halogens is 1. The number of aliphatic hydroxyl groups excluding tert-OH is 1. The Morgan fingerprint density at radius 2 is 2.22 bits per heavy atom. The highest BCUT2D eigenvalue weighted by Crippen LogP contribution is 2.33. The first-order valence-electron chi connectivity index (χ1n) is 7.67. The second-order valence-corrected chi connectivity index (χ2v) is 6.19. The van der Waals surface area contributed by atoms with E-state index in [4.69, 9.17) is 4.52 Å². The lowest BCUT2D eigenvalue weighted by atomic mass is 10.0. The molecule has 2 atom stereocenters. The van der Waals surface area contributed by atoms with E-state index in [9.17, 15) is 14.3 Å². The molecule has 1 aliphatic heterocycles. The van der Waals surface area contributed by atoms with Gasteiger partial charge in [-0.05, 0) is 24.1 Å². The van der Waals surface area contributed by atoms with Gasteiger partial charge in [0.2, 0.25) is 0 Å². The highest BCUT2D eigenvalue weighted by atomic mass is 19.1. The predicted molar refractivity (Wildman–Crippen MR) is 81.4 cm³/mol. The van der Waals surface area contributed by atoms with Gasteiger partial charge in [-0.15, -0.1) is 0 Å². The van der Waals surface area contributed by atoms with Gasteiger partial charge in [0.1, 0.15) is 11.6 Å². The number of carbonyl (C=O) groups is 1. The van der Waals surface area contributed by atoms with Crippen LogP contribution in [0.3, 0.4) is 0 Å². The van der Waals surface area contributed by atoms with Crippen LogP contribution in [0.15, 0.2) is 34.9 Å². The van der Waals surface area contributed by atoms with Crippen LogP contribution in [0.2, 0.25) is 0 Å². The van der Waals surface area contributed by atoms with Gasteiger partial charge in [-0.3, -0.25) is 4.79 Å². The fourth-order valence-corrected chi connectivity index (χ4v) is 2.88. The van der Waals surface area contributed by atoms with Crippen LogP contribution < -0.4 is 0 Å². The van der Waals surface area contributed by atoms with Gasteiger partial charge < -0.3 is 14.5 Å². The molecule has 1 saturated heterocycles. The average molecular weight is 318 g/mol.